The summed E-state index contributed by atoms with van der Waals surface area (Å²) in [7, 11) is 1.52. The first kappa shape index (κ1) is 14.0. The molecule has 0 saturated heterocycles. The molecule has 0 saturated carbocycles. The fourth-order valence-electron chi connectivity index (χ4n) is 1.68. The summed E-state index contributed by atoms with van der Waals surface area (Å²) in [5.41, 5.74) is 0.446. The van der Waals surface area contributed by atoms with Crippen LogP contribution in [0, 0.1) is 0 Å². The average Bonchev–Trinajstić information content (AvgIpc) is 2.37. The molecule has 1 atom stereocenters. The van der Waals surface area contributed by atoms with Gasteiger partial charge in [0.05, 0.1) is 13.2 Å². The number of hydrogen-bond acceptors (Lipinski definition) is 3. The van der Waals surface area contributed by atoms with Crippen LogP contribution in [0.15, 0.2) is 24.3 Å². The number of benzene rings is 1. The molecular weight excluding hydrogens is 234 g/mol. The molecule has 98 valence electrons. The van der Waals surface area contributed by atoms with Gasteiger partial charge in [0.1, 0.15) is 5.75 Å². The zero-order chi connectivity index (χ0) is 13.5. The predicted molar refractivity (Wildman–Crippen MR) is 67.2 cm³/mol. The van der Waals surface area contributed by atoms with E-state index in [1.807, 2.05) is 6.92 Å². The second kappa shape index (κ2) is 6.64. The van der Waals surface area contributed by atoms with Gasteiger partial charge in [-0.2, -0.15) is 0 Å². The van der Waals surface area contributed by atoms with Crippen molar-refractivity contribution < 1.29 is 19.4 Å². The van der Waals surface area contributed by atoms with Crippen LogP contribution in [0.2, 0.25) is 0 Å². The zero-order valence-corrected chi connectivity index (χ0v) is 10.5. The summed E-state index contributed by atoms with van der Waals surface area (Å²) in [5, 5.41) is 11.0. The highest BCUT2D eigenvalue weighted by atomic mass is 16.5. The van der Waals surface area contributed by atoms with Crippen molar-refractivity contribution in [3.05, 3.63) is 29.8 Å². The Labute approximate surface area is 106 Å². The smallest absolute Gasteiger partial charge is 0.405 e. The average molecular weight is 251 g/mol. The Morgan fingerprint density at radius 1 is 1.44 bits per heavy atom. The van der Waals surface area contributed by atoms with Crippen LogP contribution in [0.5, 0.6) is 5.75 Å². The number of carboxylic acid groups (broad SMARTS) is 1. The van der Waals surface area contributed by atoms with Crippen LogP contribution in [-0.4, -0.2) is 30.1 Å². The van der Waals surface area contributed by atoms with E-state index >= 15 is 0 Å². The number of Topliss-reactive ketones (excluding diaryl/α,β-unsaturated/α-hetero) is 1. The molecule has 0 aliphatic rings. The van der Waals surface area contributed by atoms with Crippen LogP contribution in [0.4, 0.5) is 4.79 Å². The van der Waals surface area contributed by atoms with E-state index < -0.39 is 12.1 Å². The van der Waals surface area contributed by atoms with Crippen LogP contribution in [0.1, 0.15) is 30.1 Å². The molecule has 0 aromatic heterocycles. The second-order valence-corrected chi connectivity index (χ2v) is 3.89. The van der Waals surface area contributed by atoms with Gasteiger partial charge in [0.2, 0.25) is 0 Å². The van der Waals surface area contributed by atoms with Gasteiger partial charge in [-0.1, -0.05) is 25.5 Å². The van der Waals surface area contributed by atoms with Crippen LogP contribution < -0.4 is 10.1 Å². The lowest BCUT2D eigenvalue weighted by molar-refractivity contribution is 0.0930. The van der Waals surface area contributed by atoms with E-state index in [0.717, 1.165) is 6.42 Å². The van der Waals surface area contributed by atoms with E-state index in [4.69, 9.17) is 9.84 Å². The molecule has 5 nitrogen and oxygen atoms in total. The number of amides is 1. The third kappa shape index (κ3) is 3.76. The Morgan fingerprint density at radius 3 is 2.72 bits per heavy atom. The maximum Gasteiger partial charge on any atom is 0.405 e. The molecule has 0 fully saturated rings. The second-order valence-electron chi connectivity index (χ2n) is 3.89. The van der Waals surface area contributed by atoms with Crippen molar-refractivity contribution in [1.82, 2.24) is 5.32 Å². The highest BCUT2D eigenvalue weighted by Crippen LogP contribution is 2.15. The predicted octanol–water partition coefficient (Wildman–Crippen LogP) is 2.31. The van der Waals surface area contributed by atoms with Gasteiger partial charge >= 0.3 is 6.09 Å². The van der Waals surface area contributed by atoms with Crippen LogP contribution in [0.25, 0.3) is 0 Å². The van der Waals surface area contributed by atoms with E-state index in [0.29, 0.717) is 17.7 Å². The number of carbonyl (C=O) groups is 2. The zero-order valence-electron chi connectivity index (χ0n) is 10.5. The SMILES string of the molecule is CCC[C@H](NC(=O)O)C(=O)c1cccc(OC)c1. The third-order valence-electron chi connectivity index (χ3n) is 2.55. The van der Waals surface area contributed by atoms with Crippen molar-refractivity contribution in [2.45, 2.75) is 25.8 Å². The van der Waals surface area contributed by atoms with Crippen molar-refractivity contribution in [3.63, 3.8) is 0 Å². The molecule has 1 rings (SSSR count). The summed E-state index contributed by atoms with van der Waals surface area (Å²) < 4.78 is 5.04. The van der Waals surface area contributed by atoms with E-state index in [2.05, 4.69) is 5.32 Å². The minimum absolute atomic E-state index is 0.238. The summed E-state index contributed by atoms with van der Waals surface area (Å²) in [5.74, 6) is 0.338. The largest absolute Gasteiger partial charge is 0.497 e. The van der Waals surface area contributed by atoms with Gasteiger partial charge in [-0.25, -0.2) is 4.79 Å². The number of ketones is 1. The maximum atomic E-state index is 12.2. The van der Waals surface area contributed by atoms with E-state index in [1.54, 1.807) is 24.3 Å². The van der Waals surface area contributed by atoms with Crippen molar-refractivity contribution in [2.24, 2.45) is 0 Å². The van der Waals surface area contributed by atoms with E-state index in [9.17, 15) is 9.59 Å². The molecule has 0 unspecified atom stereocenters. The Hall–Kier alpha value is -2.04. The van der Waals surface area contributed by atoms with Crippen molar-refractivity contribution in [2.75, 3.05) is 7.11 Å². The number of rotatable bonds is 6. The normalized spacial score (nSPS) is 11.7. The fourth-order valence-corrected chi connectivity index (χ4v) is 1.68. The molecule has 0 heterocycles. The van der Waals surface area contributed by atoms with Crippen LogP contribution in [-0.2, 0) is 0 Å². The van der Waals surface area contributed by atoms with Crippen molar-refractivity contribution in [1.29, 1.82) is 0 Å². The molecule has 0 aliphatic carbocycles. The first-order valence-electron chi connectivity index (χ1n) is 5.76. The molecular formula is C13H17NO4. The quantitative estimate of drug-likeness (QED) is 0.761. The van der Waals surface area contributed by atoms with Gasteiger partial charge in [-0.3, -0.25) is 4.79 Å². The standard InChI is InChI=1S/C13H17NO4/c1-3-5-11(14-13(16)17)12(15)9-6-4-7-10(8-9)18-2/h4,6-8,11,14H,3,5H2,1-2H3,(H,16,17)/t11-/m0/s1. The molecule has 0 spiro atoms. The molecule has 2 N–H and O–H groups in total. The number of hydrogen-bond donors (Lipinski definition) is 2. The summed E-state index contributed by atoms with van der Waals surface area (Å²) in [6.45, 7) is 1.90. The number of carbonyl (C=O) groups excluding carboxylic acids is 1. The number of nitrogens with one attached hydrogen (secondary N) is 1. The molecule has 1 aromatic rings. The molecule has 5 heteroatoms. The first-order valence-corrected chi connectivity index (χ1v) is 5.76. The first-order chi connectivity index (χ1) is 8.58. The third-order valence-corrected chi connectivity index (χ3v) is 2.55. The van der Waals surface area contributed by atoms with Crippen LogP contribution in [0.3, 0.4) is 0 Å². The minimum atomic E-state index is -1.19. The number of methoxy groups -OCH3 is 1. The Balaban J connectivity index is 2.89. The van der Waals surface area contributed by atoms with Crippen molar-refractivity contribution >= 4 is 11.9 Å². The van der Waals surface area contributed by atoms with Gasteiger partial charge in [0.25, 0.3) is 0 Å². The summed E-state index contributed by atoms with van der Waals surface area (Å²) >= 11 is 0. The molecule has 0 bridgehead atoms. The lowest BCUT2D eigenvalue weighted by atomic mass is 10.0. The highest BCUT2D eigenvalue weighted by Gasteiger charge is 2.21. The molecule has 18 heavy (non-hydrogen) atoms. The van der Waals surface area contributed by atoms with Gasteiger partial charge in [0.15, 0.2) is 5.78 Å². The van der Waals surface area contributed by atoms with Crippen molar-refractivity contribution in [3.8, 4) is 5.75 Å². The molecule has 1 amide bonds. The summed E-state index contributed by atoms with van der Waals surface area (Å²) in [6.07, 6.45) is 0.00732. The summed E-state index contributed by atoms with van der Waals surface area (Å²) in [6, 6.07) is 5.98. The molecule has 0 radical (unpaired) electrons. The van der Waals surface area contributed by atoms with Gasteiger partial charge in [0, 0.05) is 5.56 Å². The highest BCUT2D eigenvalue weighted by molar-refractivity contribution is 6.01. The van der Waals surface area contributed by atoms with E-state index in [-0.39, 0.29) is 5.78 Å². The molecule has 1 aromatic carbocycles. The monoisotopic (exact) mass is 251 g/mol. The summed E-state index contributed by atoms with van der Waals surface area (Å²) in [4.78, 5) is 22.8. The Morgan fingerprint density at radius 2 is 2.17 bits per heavy atom. The Bertz CT molecular complexity index is 431. The number of ether oxygens (including phenoxy) is 1. The lowest BCUT2D eigenvalue weighted by Gasteiger charge is -2.15. The lowest BCUT2D eigenvalue weighted by Crippen LogP contribution is -2.39. The maximum absolute atomic E-state index is 12.2. The fraction of sp³-hybridized carbons (Fsp3) is 0.385. The Kier molecular flexibility index (Phi) is 5.17. The molecule has 0 aliphatic heterocycles. The van der Waals surface area contributed by atoms with Gasteiger partial charge in [-0.05, 0) is 18.6 Å². The van der Waals surface area contributed by atoms with Gasteiger partial charge in [-0.15, -0.1) is 0 Å². The minimum Gasteiger partial charge on any atom is -0.497 e. The van der Waals surface area contributed by atoms with E-state index in [1.165, 1.54) is 7.11 Å². The van der Waals surface area contributed by atoms with Crippen LogP contribution >= 0.6 is 0 Å². The van der Waals surface area contributed by atoms with Gasteiger partial charge < -0.3 is 15.2 Å². The topological polar surface area (TPSA) is 75.6 Å².